The Morgan fingerprint density at radius 2 is 1.81 bits per heavy atom. The lowest BCUT2D eigenvalue weighted by atomic mass is 10.1. The summed E-state index contributed by atoms with van der Waals surface area (Å²) in [5.41, 5.74) is 2.25. The van der Waals surface area contributed by atoms with E-state index in [4.69, 9.17) is 4.74 Å². The summed E-state index contributed by atoms with van der Waals surface area (Å²) < 4.78 is 34.0. The second kappa shape index (κ2) is 8.35. The van der Waals surface area contributed by atoms with E-state index in [-0.39, 0.29) is 28.7 Å². The third-order valence-corrected chi connectivity index (χ3v) is 6.38. The molecule has 0 spiro atoms. The number of nitrogens with zero attached hydrogens (tertiary/aromatic N) is 1. The van der Waals surface area contributed by atoms with Crippen LogP contribution in [-0.2, 0) is 14.8 Å². The molecule has 0 saturated carbocycles. The van der Waals surface area contributed by atoms with Crippen LogP contribution in [0.4, 0.5) is 17.1 Å². The molecule has 164 valence electrons. The quantitative estimate of drug-likeness (QED) is 0.619. The van der Waals surface area contributed by atoms with Crippen molar-refractivity contribution < 1.29 is 22.7 Å². The summed E-state index contributed by atoms with van der Waals surface area (Å²) in [4.78, 5) is 26.0. The van der Waals surface area contributed by atoms with Gasteiger partial charge in [0.15, 0.2) is 6.61 Å². The number of sulfonamides is 1. The van der Waals surface area contributed by atoms with Gasteiger partial charge in [-0.1, -0.05) is 24.3 Å². The van der Waals surface area contributed by atoms with Gasteiger partial charge in [-0.2, -0.15) is 0 Å². The number of likely N-dealkylation sites (N-methyl/N-ethyl adjacent to an activating group) is 1. The Morgan fingerprint density at radius 1 is 1.03 bits per heavy atom. The zero-order valence-electron chi connectivity index (χ0n) is 17.5. The number of anilines is 3. The van der Waals surface area contributed by atoms with E-state index in [1.54, 1.807) is 25.2 Å². The first-order chi connectivity index (χ1) is 15.2. The molecule has 0 unspecified atom stereocenters. The van der Waals surface area contributed by atoms with Crippen LogP contribution >= 0.6 is 0 Å². The number of carbonyl (C=O) groups is 2. The molecular formula is C23H21N3O5S. The SMILES string of the molecule is Cc1cccc(NC(=O)c2ccccc2NS(=O)(=O)c2ccc3c(c2)N(C)C(=O)CO3)c1. The number of nitrogens with one attached hydrogen (secondary N) is 2. The van der Waals surface area contributed by atoms with Crippen LogP contribution in [0, 0.1) is 6.92 Å². The van der Waals surface area contributed by atoms with E-state index in [1.165, 1.54) is 35.2 Å². The summed E-state index contributed by atoms with van der Waals surface area (Å²) >= 11 is 0. The topological polar surface area (TPSA) is 105 Å². The summed E-state index contributed by atoms with van der Waals surface area (Å²) in [6.45, 7) is 1.81. The molecule has 2 N–H and O–H groups in total. The van der Waals surface area contributed by atoms with Gasteiger partial charge in [-0.3, -0.25) is 14.3 Å². The van der Waals surface area contributed by atoms with E-state index in [0.717, 1.165) is 5.56 Å². The molecule has 3 aromatic rings. The van der Waals surface area contributed by atoms with Gasteiger partial charge in [0.2, 0.25) is 0 Å². The van der Waals surface area contributed by atoms with Crippen molar-refractivity contribution in [1.82, 2.24) is 0 Å². The number of benzene rings is 3. The van der Waals surface area contributed by atoms with Gasteiger partial charge in [0.25, 0.3) is 21.8 Å². The van der Waals surface area contributed by atoms with Crippen molar-refractivity contribution >= 4 is 38.9 Å². The summed E-state index contributed by atoms with van der Waals surface area (Å²) in [7, 11) is -2.49. The van der Waals surface area contributed by atoms with Crippen molar-refractivity contribution in [2.75, 3.05) is 28.6 Å². The molecule has 0 saturated heterocycles. The molecule has 0 bridgehead atoms. The Hall–Kier alpha value is -3.85. The van der Waals surface area contributed by atoms with Gasteiger partial charge < -0.3 is 15.0 Å². The van der Waals surface area contributed by atoms with Gasteiger partial charge >= 0.3 is 0 Å². The lowest BCUT2D eigenvalue weighted by Crippen LogP contribution is -2.35. The van der Waals surface area contributed by atoms with Gasteiger partial charge in [-0.15, -0.1) is 0 Å². The molecule has 3 aromatic carbocycles. The maximum absolute atomic E-state index is 13.1. The van der Waals surface area contributed by atoms with Crippen LogP contribution in [-0.4, -0.2) is 33.9 Å². The van der Waals surface area contributed by atoms with Crippen LogP contribution in [0.3, 0.4) is 0 Å². The van der Waals surface area contributed by atoms with Crippen molar-refractivity contribution in [1.29, 1.82) is 0 Å². The average Bonchev–Trinajstić information content (AvgIpc) is 2.76. The summed E-state index contributed by atoms with van der Waals surface area (Å²) in [6.07, 6.45) is 0. The van der Waals surface area contributed by atoms with E-state index in [0.29, 0.717) is 17.1 Å². The Morgan fingerprint density at radius 3 is 2.59 bits per heavy atom. The van der Waals surface area contributed by atoms with E-state index < -0.39 is 15.9 Å². The van der Waals surface area contributed by atoms with Crippen molar-refractivity contribution in [3.05, 3.63) is 77.9 Å². The minimum absolute atomic E-state index is 0.0599. The predicted octanol–water partition coefficient (Wildman–Crippen LogP) is 3.40. The first-order valence-electron chi connectivity index (χ1n) is 9.78. The van der Waals surface area contributed by atoms with Gasteiger partial charge in [-0.25, -0.2) is 8.42 Å². The fraction of sp³-hybridized carbons (Fsp3) is 0.130. The van der Waals surface area contributed by atoms with Gasteiger partial charge in [0, 0.05) is 12.7 Å². The molecule has 2 amide bonds. The van der Waals surface area contributed by atoms with Gasteiger partial charge in [-0.05, 0) is 55.0 Å². The van der Waals surface area contributed by atoms with Gasteiger partial charge in [0.1, 0.15) is 5.75 Å². The van der Waals surface area contributed by atoms with Crippen LogP contribution in [0.1, 0.15) is 15.9 Å². The van der Waals surface area contributed by atoms with E-state index >= 15 is 0 Å². The molecule has 1 heterocycles. The highest BCUT2D eigenvalue weighted by Crippen LogP contribution is 2.34. The first kappa shape index (κ1) is 21.4. The van der Waals surface area contributed by atoms with Gasteiger partial charge in [0.05, 0.1) is 21.8 Å². The Labute approximate surface area is 185 Å². The van der Waals surface area contributed by atoms with Crippen LogP contribution < -0.4 is 19.7 Å². The Balaban J connectivity index is 1.62. The third kappa shape index (κ3) is 4.28. The van der Waals surface area contributed by atoms with Crippen molar-refractivity contribution in [2.45, 2.75) is 11.8 Å². The van der Waals surface area contributed by atoms with Crippen LogP contribution in [0.2, 0.25) is 0 Å². The third-order valence-electron chi connectivity index (χ3n) is 5.02. The molecule has 4 rings (SSSR count). The van der Waals surface area contributed by atoms with Crippen molar-refractivity contribution in [3.8, 4) is 5.75 Å². The minimum atomic E-state index is -4.05. The largest absolute Gasteiger partial charge is 0.482 e. The highest BCUT2D eigenvalue weighted by atomic mass is 32.2. The highest BCUT2D eigenvalue weighted by molar-refractivity contribution is 7.92. The molecule has 0 aliphatic carbocycles. The number of rotatable bonds is 5. The van der Waals surface area contributed by atoms with E-state index in [1.807, 2.05) is 25.1 Å². The van der Waals surface area contributed by atoms with Crippen LogP contribution in [0.25, 0.3) is 0 Å². The molecule has 0 radical (unpaired) electrons. The van der Waals surface area contributed by atoms with Crippen molar-refractivity contribution in [3.63, 3.8) is 0 Å². The number of para-hydroxylation sites is 1. The number of fused-ring (bicyclic) bond motifs is 1. The molecular weight excluding hydrogens is 430 g/mol. The fourth-order valence-corrected chi connectivity index (χ4v) is 4.41. The molecule has 8 nitrogen and oxygen atoms in total. The Kier molecular flexibility index (Phi) is 5.58. The molecule has 1 aliphatic rings. The minimum Gasteiger partial charge on any atom is -0.482 e. The second-order valence-corrected chi connectivity index (χ2v) is 9.03. The lowest BCUT2D eigenvalue weighted by Gasteiger charge is -2.26. The monoisotopic (exact) mass is 451 g/mol. The smallest absolute Gasteiger partial charge is 0.264 e. The lowest BCUT2D eigenvalue weighted by molar-refractivity contribution is -0.121. The van der Waals surface area contributed by atoms with Crippen LogP contribution in [0.5, 0.6) is 5.75 Å². The van der Waals surface area contributed by atoms with Crippen molar-refractivity contribution in [2.24, 2.45) is 0 Å². The molecule has 9 heteroatoms. The number of carbonyl (C=O) groups excluding carboxylic acids is 2. The van der Waals surface area contributed by atoms with E-state index in [9.17, 15) is 18.0 Å². The summed E-state index contributed by atoms with van der Waals surface area (Å²) in [5.74, 6) is -0.305. The zero-order chi connectivity index (χ0) is 22.9. The number of aryl methyl sites for hydroxylation is 1. The molecule has 0 atom stereocenters. The maximum atomic E-state index is 13.1. The second-order valence-electron chi connectivity index (χ2n) is 7.35. The molecule has 0 fully saturated rings. The first-order valence-corrected chi connectivity index (χ1v) is 11.3. The summed E-state index contributed by atoms with van der Waals surface area (Å²) in [6, 6.07) is 17.9. The Bertz CT molecular complexity index is 1320. The van der Waals surface area contributed by atoms with Crippen LogP contribution in [0.15, 0.2) is 71.6 Å². The number of amides is 2. The number of ether oxygens (including phenoxy) is 1. The van der Waals surface area contributed by atoms with E-state index in [2.05, 4.69) is 10.0 Å². The molecule has 0 aromatic heterocycles. The fourth-order valence-electron chi connectivity index (χ4n) is 3.31. The number of hydrogen-bond acceptors (Lipinski definition) is 5. The zero-order valence-corrected chi connectivity index (χ0v) is 18.3. The number of hydrogen-bond donors (Lipinski definition) is 2. The molecule has 32 heavy (non-hydrogen) atoms. The maximum Gasteiger partial charge on any atom is 0.264 e. The highest BCUT2D eigenvalue weighted by Gasteiger charge is 2.26. The average molecular weight is 452 g/mol. The molecule has 1 aliphatic heterocycles. The predicted molar refractivity (Wildman–Crippen MR) is 122 cm³/mol. The normalized spacial score (nSPS) is 13.2. The summed E-state index contributed by atoms with van der Waals surface area (Å²) in [5, 5.41) is 2.78. The standard InChI is InChI=1S/C23H21N3O5S/c1-15-6-5-7-16(12-15)24-23(28)18-8-3-4-9-19(18)25-32(29,30)17-10-11-21-20(13-17)26(2)22(27)14-31-21/h3-13,25H,14H2,1-2H3,(H,24,28).